The molecule has 1 heterocycles. The molecule has 0 aromatic heterocycles. The maximum atomic E-state index is 14.3. The van der Waals surface area contributed by atoms with Crippen LogP contribution in [0.3, 0.4) is 0 Å². The van der Waals surface area contributed by atoms with Gasteiger partial charge in [-0.2, -0.15) is 0 Å². The Kier molecular flexibility index (Phi) is 12.8. The first-order valence-corrected chi connectivity index (χ1v) is 17.6. The zero-order chi connectivity index (χ0) is 34.8. The maximum absolute atomic E-state index is 14.3. The standard InChI is InChI=1S/C35H45FN4O7S/c1-24-21-40(25(2)23-41)34(42)31-20-29(38-48(44,45)30-11-6-5-7-12-30)17-18-32(31)47-26(3)10-8-9-19-46-33(24)22-39(4)35(43)37-28-15-13-27(36)14-16-28/h5-7,11-18,20,24-26,33,38,41H,8-10,19,21-23H2,1-4H3,(H,37,43)/t24-,25-,26+,33+/m1/s1. The van der Waals surface area contributed by atoms with Gasteiger partial charge in [0.05, 0.1) is 35.3 Å². The molecule has 4 rings (SSSR count). The van der Waals surface area contributed by atoms with Gasteiger partial charge in [-0.25, -0.2) is 17.6 Å². The number of aliphatic hydroxyl groups is 1. The van der Waals surface area contributed by atoms with Crippen LogP contribution in [-0.4, -0.2) is 86.9 Å². The fourth-order valence-electron chi connectivity index (χ4n) is 5.37. The number of rotatable bonds is 8. The highest BCUT2D eigenvalue weighted by atomic mass is 32.2. The molecular weight excluding hydrogens is 639 g/mol. The normalized spacial score (nSPS) is 20.1. The molecule has 3 N–H and O–H groups in total. The van der Waals surface area contributed by atoms with E-state index >= 15 is 0 Å². The highest BCUT2D eigenvalue weighted by Gasteiger charge is 2.31. The number of nitrogens with zero attached hydrogens (tertiary/aromatic N) is 2. The second-order valence-electron chi connectivity index (χ2n) is 12.2. The monoisotopic (exact) mass is 684 g/mol. The van der Waals surface area contributed by atoms with Crippen molar-refractivity contribution in [3.63, 3.8) is 0 Å². The molecule has 48 heavy (non-hydrogen) atoms. The van der Waals surface area contributed by atoms with E-state index < -0.39 is 39.9 Å². The predicted octanol–water partition coefficient (Wildman–Crippen LogP) is 5.59. The number of nitrogens with one attached hydrogen (secondary N) is 2. The van der Waals surface area contributed by atoms with Gasteiger partial charge in [-0.05, 0) is 87.7 Å². The fourth-order valence-corrected chi connectivity index (χ4v) is 6.44. The van der Waals surface area contributed by atoms with Gasteiger partial charge in [-0.15, -0.1) is 0 Å². The van der Waals surface area contributed by atoms with Gasteiger partial charge in [0.2, 0.25) is 0 Å². The van der Waals surface area contributed by atoms with E-state index in [1.165, 1.54) is 52.3 Å². The molecule has 0 radical (unpaired) electrons. The molecule has 0 bridgehead atoms. The number of likely N-dealkylation sites (N-methyl/N-ethyl adjacent to an activating group) is 1. The van der Waals surface area contributed by atoms with Crippen LogP contribution in [0.25, 0.3) is 0 Å². The number of ether oxygens (including phenoxy) is 2. The van der Waals surface area contributed by atoms with Crippen LogP contribution in [-0.2, 0) is 14.8 Å². The molecule has 0 aliphatic carbocycles. The van der Waals surface area contributed by atoms with Crippen LogP contribution in [0.2, 0.25) is 0 Å². The zero-order valence-electron chi connectivity index (χ0n) is 27.8. The molecule has 3 amide bonds. The lowest BCUT2D eigenvalue weighted by molar-refractivity contribution is -0.0115. The zero-order valence-corrected chi connectivity index (χ0v) is 28.6. The number of fused-ring (bicyclic) bond motifs is 1. The minimum absolute atomic E-state index is 0.0768. The number of sulfonamides is 1. The Morgan fingerprint density at radius 1 is 1.06 bits per heavy atom. The Morgan fingerprint density at radius 3 is 2.44 bits per heavy atom. The number of benzene rings is 3. The van der Waals surface area contributed by atoms with Crippen molar-refractivity contribution < 1.29 is 37.0 Å². The Bertz CT molecular complexity index is 1630. The van der Waals surface area contributed by atoms with Crippen molar-refractivity contribution in [3.8, 4) is 5.75 Å². The van der Waals surface area contributed by atoms with E-state index in [2.05, 4.69) is 10.0 Å². The molecule has 13 heteroatoms. The summed E-state index contributed by atoms with van der Waals surface area (Å²) in [5.41, 5.74) is 0.776. The molecular formula is C35H45FN4O7S. The minimum Gasteiger partial charge on any atom is -0.490 e. The second kappa shape index (κ2) is 16.8. The van der Waals surface area contributed by atoms with Gasteiger partial charge in [0.15, 0.2) is 0 Å². The van der Waals surface area contributed by atoms with Gasteiger partial charge < -0.3 is 29.7 Å². The van der Waals surface area contributed by atoms with Crippen LogP contribution in [0.5, 0.6) is 5.75 Å². The summed E-state index contributed by atoms with van der Waals surface area (Å²) in [6, 6.07) is 17.0. The first kappa shape index (κ1) is 36.6. The average Bonchev–Trinajstić information content (AvgIpc) is 3.07. The summed E-state index contributed by atoms with van der Waals surface area (Å²) in [5.74, 6) is -0.854. The molecule has 0 fully saturated rings. The summed E-state index contributed by atoms with van der Waals surface area (Å²) in [4.78, 5) is 30.4. The van der Waals surface area contributed by atoms with Crippen LogP contribution < -0.4 is 14.8 Å². The molecule has 4 atom stereocenters. The highest BCUT2D eigenvalue weighted by Crippen LogP contribution is 2.29. The third-order valence-electron chi connectivity index (χ3n) is 8.25. The van der Waals surface area contributed by atoms with Crippen molar-refractivity contribution in [1.29, 1.82) is 0 Å². The summed E-state index contributed by atoms with van der Waals surface area (Å²) in [6.07, 6.45) is 1.47. The number of carbonyl (C=O) groups is 2. The largest absolute Gasteiger partial charge is 0.490 e. The van der Waals surface area contributed by atoms with Gasteiger partial charge in [0.25, 0.3) is 15.9 Å². The van der Waals surface area contributed by atoms with Gasteiger partial charge in [-0.3, -0.25) is 9.52 Å². The number of carbonyl (C=O) groups excluding carboxylic acids is 2. The number of aliphatic hydroxyl groups excluding tert-OH is 1. The molecule has 1 aliphatic rings. The molecule has 0 unspecified atom stereocenters. The highest BCUT2D eigenvalue weighted by molar-refractivity contribution is 7.92. The van der Waals surface area contributed by atoms with Crippen LogP contribution >= 0.6 is 0 Å². The quantitative estimate of drug-likeness (QED) is 0.282. The van der Waals surface area contributed by atoms with Crippen molar-refractivity contribution in [3.05, 3.63) is 84.2 Å². The van der Waals surface area contributed by atoms with E-state index in [1.54, 1.807) is 44.3 Å². The van der Waals surface area contributed by atoms with Crippen molar-refractivity contribution in [2.24, 2.45) is 5.92 Å². The summed E-state index contributed by atoms with van der Waals surface area (Å²) in [6.45, 7) is 6.00. The number of amides is 3. The molecule has 1 aliphatic heterocycles. The molecule has 3 aromatic carbocycles. The predicted molar refractivity (Wildman–Crippen MR) is 182 cm³/mol. The topological polar surface area (TPSA) is 138 Å². The van der Waals surface area contributed by atoms with Gasteiger partial charge in [0, 0.05) is 44.0 Å². The summed E-state index contributed by atoms with van der Waals surface area (Å²) in [7, 11) is -2.30. The second-order valence-corrected chi connectivity index (χ2v) is 13.9. The molecule has 0 saturated carbocycles. The van der Waals surface area contributed by atoms with Gasteiger partial charge >= 0.3 is 6.03 Å². The van der Waals surface area contributed by atoms with E-state index in [0.29, 0.717) is 24.5 Å². The number of anilines is 2. The van der Waals surface area contributed by atoms with Crippen LogP contribution in [0.1, 0.15) is 50.4 Å². The number of urea groups is 1. The molecule has 0 saturated heterocycles. The lowest BCUT2D eigenvalue weighted by atomic mass is 10.0. The number of hydrogen-bond acceptors (Lipinski definition) is 7. The van der Waals surface area contributed by atoms with E-state index in [1.807, 2.05) is 13.8 Å². The van der Waals surface area contributed by atoms with Gasteiger partial charge in [-0.1, -0.05) is 25.1 Å². The number of hydrogen-bond donors (Lipinski definition) is 3. The van der Waals surface area contributed by atoms with Crippen molar-refractivity contribution in [1.82, 2.24) is 9.80 Å². The van der Waals surface area contributed by atoms with E-state index in [-0.39, 0.29) is 47.9 Å². The molecule has 0 spiro atoms. The third-order valence-corrected chi connectivity index (χ3v) is 9.65. The van der Waals surface area contributed by atoms with Crippen LogP contribution in [0, 0.1) is 11.7 Å². The summed E-state index contributed by atoms with van der Waals surface area (Å²) < 4.78 is 54.6. The molecule has 11 nitrogen and oxygen atoms in total. The SMILES string of the molecule is C[C@@H]1CN([C@H](C)CO)C(=O)c2cc(NS(=O)(=O)c3ccccc3)ccc2O[C@@H](C)CCCCO[C@H]1CN(C)C(=O)Nc1ccc(F)cc1. The lowest BCUT2D eigenvalue weighted by Crippen LogP contribution is -2.48. The van der Waals surface area contributed by atoms with Crippen molar-refractivity contribution >= 4 is 33.3 Å². The minimum atomic E-state index is -3.93. The first-order chi connectivity index (χ1) is 22.9. The smallest absolute Gasteiger partial charge is 0.321 e. The maximum Gasteiger partial charge on any atom is 0.321 e. The fraction of sp³-hybridized carbons (Fsp3) is 0.429. The third kappa shape index (κ3) is 9.91. The number of halogens is 1. The molecule has 260 valence electrons. The van der Waals surface area contributed by atoms with E-state index in [9.17, 15) is 27.5 Å². The van der Waals surface area contributed by atoms with Gasteiger partial charge in [0.1, 0.15) is 11.6 Å². The summed E-state index contributed by atoms with van der Waals surface area (Å²) in [5, 5.41) is 12.9. The van der Waals surface area contributed by atoms with Crippen molar-refractivity contribution in [2.45, 2.75) is 63.2 Å². The average molecular weight is 685 g/mol. The molecule has 3 aromatic rings. The Hall–Kier alpha value is -4.20. The van der Waals surface area contributed by atoms with E-state index in [0.717, 1.165) is 12.8 Å². The van der Waals surface area contributed by atoms with Crippen LogP contribution in [0.15, 0.2) is 77.7 Å². The van der Waals surface area contributed by atoms with Crippen LogP contribution in [0.4, 0.5) is 20.6 Å². The van der Waals surface area contributed by atoms with Crippen molar-refractivity contribution in [2.75, 3.05) is 43.4 Å². The summed E-state index contributed by atoms with van der Waals surface area (Å²) >= 11 is 0. The lowest BCUT2D eigenvalue weighted by Gasteiger charge is -2.35. The first-order valence-electron chi connectivity index (χ1n) is 16.1. The van der Waals surface area contributed by atoms with E-state index in [4.69, 9.17) is 9.47 Å². The Morgan fingerprint density at radius 2 is 1.75 bits per heavy atom. The Labute approximate surface area is 282 Å². The Balaban J connectivity index is 1.62.